The topological polar surface area (TPSA) is 3.24 Å². The highest BCUT2D eigenvalue weighted by Crippen LogP contribution is 2.78. The predicted molar refractivity (Wildman–Crippen MR) is 126 cm³/mol. The van der Waals surface area contributed by atoms with Crippen LogP contribution in [0.15, 0.2) is 60.7 Å². The molecule has 4 heteroatoms. The van der Waals surface area contributed by atoms with Gasteiger partial charge in [-0.1, -0.05) is 74.5 Å². The van der Waals surface area contributed by atoms with E-state index in [0.717, 1.165) is 11.3 Å². The summed E-state index contributed by atoms with van der Waals surface area (Å²) in [4.78, 5) is 0. The largest absolute Gasteiger partial charge is 0.312 e. The molecule has 4 rings (SSSR count). The molecule has 2 aliphatic rings. The first-order valence-corrected chi connectivity index (χ1v) is 13.8. The number of benzene rings is 2. The zero-order valence-electron chi connectivity index (χ0n) is 17.2. The molecule has 2 aliphatic heterocycles. The molecule has 0 N–H and O–H groups in total. The lowest BCUT2D eigenvalue weighted by Gasteiger charge is -2.43. The average Bonchev–Trinajstić information content (AvgIpc) is 3.38. The highest BCUT2D eigenvalue weighted by Gasteiger charge is 2.45. The van der Waals surface area contributed by atoms with Gasteiger partial charge in [-0.2, -0.15) is 0 Å². The van der Waals surface area contributed by atoms with Crippen molar-refractivity contribution in [3.05, 3.63) is 71.8 Å². The Morgan fingerprint density at radius 1 is 0.714 bits per heavy atom. The van der Waals surface area contributed by atoms with Gasteiger partial charge >= 0.3 is 0 Å². The molecule has 0 bridgehead atoms. The molecule has 1 nitrogen and oxygen atoms in total. The van der Waals surface area contributed by atoms with E-state index in [1.165, 1.54) is 49.7 Å². The van der Waals surface area contributed by atoms with Crippen LogP contribution in [0.4, 0.5) is 0 Å². The summed E-state index contributed by atoms with van der Waals surface area (Å²) in [5, 5.41) is 0. The van der Waals surface area contributed by atoms with Crippen LogP contribution in [-0.2, 0) is 0 Å². The number of hydrogen-bond acceptors (Lipinski definition) is 1. The van der Waals surface area contributed by atoms with E-state index in [1.54, 1.807) is 0 Å². The SMILES string of the molecule is [B]N(P1[C@H](CC)CC[C@H]1CC)P1[C@H](c2ccccc2)CC[C@H]1c1ccccc1. The second-order valence-corrected chi connectivity index (χ2v) is 13.6. The summed E-state index contributed by atoms with van der Waals surface area (Å²) in [6.07, 6.45) is 7.85. The molecule has 2 radical (unpaired) electrons. The third kappa shape index (κ3) is 3.98. The first kappa shape index (κ1) is 20.6. The van der Waals surface area contributed by atoms with Crippen LogP contribution < -0.4 is 0 Å². The van der Waals surface area contributed by atoms with E-state index in [9.17, 15) is 0 Å². The summed E-state index contributed by atoms with van der Waals surface area (Å²) in [5.74, 6) is 0. The zero-order valence-corrected chi connectivity index (χ0v) is 19.0. The molecular formula is C24H32BNP2. The van der Waals surface area contributed by atoms with Crippen molar-refractivity contribution >= 4 is 24.1 Å². The normalized spacial score (nSPS) is 29.0. The molecule has 2 aromatic rings. The maximum absolute atomic E-state index is 7.16. The number of nitrogens with zero attached hydrogens (tertiary/aromatic N) is 1. The molecule has 0 amide bonds. The minimum atomic E-state index is -0.422. The summed E-state index contributed by atoms with van der Waals surface area (Å²) >= 11 is 0. The maximum Gasteiger partial charge on any atom is 0.195 e. The lowest BCUT2D eigenvalue weighted by atomic mass is 10.0. The highest BCUT2D eigenvalue weighted by atomic mass is 31.2. The molecule has 4 atom stereocenters. The van der Waals surface area contributed by atoms with E-state index in [4.69, 9.17) is 7.98 Å². The smallest absolute Gasteiger partial charge is 0.195 e. The van der Waals surface area contributed by atoms with E-state index in [2.05, 4.69) is 78.9 Å². The molecule has 0 aliphatic carbocycles. The van der Waals surface area contributed by atoms with E-state index in [1.807, 2.05) is 0 Å². The first-order valence-electron chi connectivity index (χ1n) is 11.0. The monoisotopic (exact) mass is 407 g/mol. The minimum absolute atomic E-state index is 0.238. The van der Waals surface area contributed by atoms with Crippen molar-refractivity contribution in [3.8, 4) is 0 Å². The third-order valence-electron chi connectivity index (χ3n) is 6.72. The van der Waals surface area contributed by atoms with Gasteiger partial charge < -0.3 is 4.35 Å². The summed E-state index contributed by atoms with van der Waals surface area (Å²) < 4.78 is 2.49. The van der Waals surface area contributed by atoms with Gasteiger partial charge in [-0.3, -0.25) is 0 Å². The van der Waals surface area contributed by atoms with E-state index in [0.29, 0.717) is 11.3 Å². The van der Waals surface area contributed by atoms with Gasteiger partial charge in [0.1, 0.15) is 0 Å². The minimum Gasteiger partial charge on any atom is -0.312 e. The van der Waals surface area contributed by atoms with Gasteiger partial charge in [0.25, 0.3) is 0 Å². The second kappa shape index (κ2) is 9.42. The van der Waals surface area contributed by atoms with Crippen molar-refractivity contribution in [1.82, 2.24) is 4.35 Å². The molecule has 146 valence electrons. The van der Waals surface area contributed by atoms with Gasteiger partial charge in [-0.25, -0.2) is 0 Å². The summed E-state index contributed by atoms with van der Waals surface area (Å²) in [7, 11) is 6.50. The van der Waals surface area contributed by atoms with E-state index >= 15 is 0 Å². The molecule has 28 heavy (non-hydrogen) atoms. The lowest BCUT2D eigenvalue weighted by Crippen LogP contribution is -2.20. The Balaban J connectivity index is 1.70. The van der Waals surface area contributed by atoms with Crippen LogP contribution in [0.1, 0.15) is 74.8 Å². The lowest BCUT2D eigenvalue weighted by molar-refractivity contribution is 0.696. The summed E-state index contributed by atoms with van der Waals surface area (Å²) in [6.45, 7) is 4.74. The zero-order chi connectivity index (χ0) is 19.5. The Morgan fingerprint density at radius 2 is 1.14 bits per heavy atom. The molecule has 0 aromatic heterocycles. The first-order chi connectivity index (χ1) is 13.7. The van der Waals surface area contributed by atoms with Crippen molar-refractivity contribution in [2.75, 3.05) is 0 Å². The fourth-order valence-electron chi connectivity index (χ4n) is 5.26. The Morgan fingerprint density at radius 3 is 1.54 bits per heavy atom. The van der Waals surface area contributed by atoms with E-state index < -0.39 is 8.07 Å². The van der Waals surface area contributed by atoms with Crippen LogP contribution in [-0.4, -0.2) is 23.7 Å². The van der Waals surface area contributed by atoms with Gasteiger partial charge in [0.15, 0.2) is 7.98 Å². The predicted octanol–water partition coefficient (Wildman–Crippen LogP) is 7.79. The molecule has 0 unspecified atom stereocenters. The van der Waals surface area contributed by atoms with Crippen molar-refractivity contribution in [2.45, 2.75) is 75.0 Å². The standard InChI is InChI=1S/C24H32BNP2/c1-3-21-15-16-22(4-2)27(21)26(25)28-23(19-11-7-5-8-12-19)17-18-24(28)20-13-9-6-10-14-20/h5-14,21-24H,3-4,15-18H2,1-2H3/t21-,22-,23+,24+/m1/s1. The summed E-state index contributed by atoms with van der Waals surface area (Å²) in [5.41, 5.74) is 5.84. The fraction of sp³-hybridized carbons (Fsp3) is 0.500. The fourth-order valence-corrected chi connectivity index (χ4v) is 13.5. The van der Waals surface area contributed by atoms with Crippen molar-refractivity contribution < 1.29 is 0 Å². The van der Waals surface area contributed by atoms with Crippen LogP contribution in [0.25, 0.3) is 0 Å². The van der Waals surface area contributed by atoms with E-state index in [-0.39, 0.29) is 8.07 Å². The maximum atomic E-state index is 7.16. The van der Waals surface area contributed by atoms with Crippen LogP contribution >= 0.6 is 16.1 Å². The highest BCUT2D eigenvalue weighted by molar-refractivity contribution is 7.73. The third-order valence-corrected chi connectivity index (χ3v) is 14.0. The second-order valence-electron chi connectivity index (χ2n) is 8.21. The molecule has 0 spiro atoms. The van der Waals surface area contributed by atoms with Gasteiger partial charge in [0, 0.05) is 11.3 Å². The van der Waals surface area contributed by atoms with Crippen molar-refractivity contribution in [1.29, 1.82) is 0 Å². The molecule has 2 aromatic carbocycles. The molecular weight excluding hydrogens is 375 g/mol. The molecule has 0 saturated carbocycles. The average molecular weight is 407 g/mol. The van der Waals surface area contributed by atoms with Gasteiger partial charge in [0.05, 0.1) is 0 Å². The number of hydrogen-bond donors (Lipinski definition) is 0. The van der Waals surface area contributed by atoms with Crippen LogP contribution in [0, 0.1) is 0 Å². The Kier molecular flexibility index (Phi) is 6.93. The number of rotatable bonds is 6. The van der Waals surface area contributed by atoms with Gasteiger partial charge in [-0.05, 0) is 77.1 Å². The van der Waals surface area contributed by atoms with Crippen molar-refractivity contribution in [2.24, 2.45) is 0 Å². The van der Waals surface area contributed by atoms with Crippen molar-refractivity contribution in [3.63, 3.8) is 0 Å². The van der Waals surface area contributed by atoms with Crippen LogP contribution in [0.3, 0.4) is 0 Å². The Labute approximate surface area is 175 Å². The van der Waals surface area contributed by atoms with Gasteiger partial charge in [0.2, 0.25) is 0 Å². The van der Waals surface area contributed by atoms with Crippen LogP contribution in [0.2, 0.25) is 0 Å². The van der Waals surface area contributed by atoms with Crippen LogP contribution in [0.5, 0.6) is 0 Å². The molecule has 2 fully saturated rings. The Bertz CT molecular complexity index is 681. The molecule has 2 saturated heterocycles. The molecule has 2 heterocycles. The van der Waals surface area contributed by atoms with Gasteiger partial charge in [-0.15, -0.1) is 0 Å². The Hall–Kier alpha value is -0.675. The quantitative estimate of drug-likeness (QED) is 0.349. The summed E-state index contributed by atoms with van der Waals surface area (Å²) in [6, 6.07) is 22.4.